The zero-order valence-corrected chi connectivity index (χ0v) is 8.70. The molecule has 6 nitrogen and oxygen atoms in total. The SMILES string of the molecule is C1CO1.C=C.CCO.O.O.OCCO. The molecule has 92 valence electrons. The third kappa shape index (κ3) is 564. The predicted octanol–water partition coefficient (Wildman–Crippen LogP) is -1.86. The molecule has 0 radical (unpaired) electrons. The molecule has 1 heterocycles. The smallest absolute Gasteiger partial charge is 0.0701 e. The molecule has 1 saturated heterocycles. The number of ether oxygens (including phenoxy) is 1. The summed E-state index contributed by atoms with van der Waals surface area (Å²) in [7, 11) is 0. The third-order valence-electron chi connectivity index (χ3n) is 0.304. The minimum atomic E-state index is -0.125. The summed E-state index contributed by atoms with van der Waals surface area (Å²) < 4.78 is 4.50. The number of hydrogen-bond donors (Lipinski definition) is 3. The van der Waals surface area contributed by atoms with Crippen molar-refractivity contribution < 1.29 is 31.0 Å². The van der Waals surface area contributed by atoms with Gasteiger partial charge in [0.1, 0.15) is 0 Å². The van der Waals surface area contributed by atoms with E-state index in [4.69, 9.17) is 15.3 Å². The van der Waals surface area contributed by atoms with Gasteiger partial charge in [0, 0.05) is 6.61 Å². The van der Waals surface area contributed by atoms with E-state index in [9.17, 15) is 0 Å². The summed E-state index contributed by atoms with van der Waals surface area (Å²) in [5, 5.41) is 22.8. The Balaban J connectivity index is -0.0000000251. The van der Waals surface area contributed by atoms with Crippen molar-refractivity contribution in [1.82, 2.24) is 0 Å². The zero-order chi connectivity index (χ0) is 10.2. The second-order valence-electron chi connectivity index (χ2n) is 1.38. The Bertz CT molecular complexity index is 46.3. The van der Waals surface area contributed by atoms with Gasteiger partial charge >= 0.3 is 0 Å². The normalized spacial score (nSPS) is 8.86. The molecule has 0 bridgehead atoms. The van der Waals surface area contributed by atoms with Gasteiger partial charge in [0.25, 0.3) is 0 Å². The second kappa shape index (κ2) is 54.6. The monoisotopic (exact) mass is 216 g/mol. The Morgan fingerprint density at radius 2 is 1.14 bits per heavy atom. The Hall–Kier alpha value is -0.500. The predicted molar refractivity (Wildman–Crippen MR) is 56.2 cm³/mol. The molecule has 0 unspecified atom stereocenters. The van der Waals surface area contributed by atoms with Gasteiger partial charge < -0.3 is 31.0 Å². The van der Waals surface area contributed by atoms with Crippen LogP contribution < -0.4 is 0 Å². The minimum absolute atomic E-state index is 0. The van der Waals surface area contributed by atoms with E-state index in [2.05, 4.69) is 17.9 Å². The van der Waals surface area contributed by atoms with Crippen LogP contribution in [0.15, 0.2) is 13.2 Å². The highest BCUT2D eigenvalue weighted by atomic mass is 16.6. The van der Waals surface area contributed by atoms with Crippen LogP contribution in [0.5, 0.6) is 0 Å². The molecule has 0 amide bonds. The van der Waals surface area contributed by atoms with Gasteiger partial charge in [0.2, 0.25) is 0 Å². The van der Waals surface area contributed by atoms with E-state index >= 15 is 0 Å². The molecule has 14 heavy (non-hydrogen) atoms. The van der Waals surface area contributed by atoms with Crippen molar-refractivity contribution in [2.45, 2.75) is 6.92 Å². The first-order valence-electron chi connectivity index (χ1n) is 3.73. The molecule has 0 aromatic heterocycles. The van der Waals surface area contributed by atoms with Crippen LogP contribution in [0.4, 0.5) is 0 Å². The lowest BCUT2D eigenvalue weighted by atomic mass is 10.8. The quantitative estimate of drug-likeness (QED) is 0.349. The summed E-state index contributed by atoms with van der Waals surface area (Å²) >= 11 is 0. The number of rotatable bonds is 1. The minimum Gasteiger partial charge on any atom is -0.412 e. The average Bonchev–Trinajstić information content (AvgIpc) is 2.95. The van der Waals surface area contributed by atoms with E-state index in [1.807, 2.05) is 0 Å². The maximum Gasteiger partial charge on any atom is 0.0701 e. The Morgan fingerprint density at radius 3 is 1.14 bits per heavy atom. The van der Waals surface area contributed by atoms with Gasteiger partial charge in [0.15, 0.2) is 0 Å². The van der Waals surface area contributed by atoms with Crippen LogP contribution in [0.1, 0.15) is 6.92 Å². The van der Waals surface area contributed by atoms with Crippen molar-refractivity contribution in [3.8, 4) is 0 Å². The fourth-order valence-corrected chi connectivity index (χ4v) is 0. The fourth-order valence-electron chi connectivity index (χ4n) is 0. The van der Waals surface area contributed by atoms with Gasteiger partial charge in [-0.25, -0.2) is 0 Å². The Labute approximate surface area is 85.1 Å². The van der Waals surface area contributed by atoms with E-state index in [0.717, 1.165) is 13.2 Å². The number of hydrogen-bond acceptors (Lipinski definition) is 4. The first kappa shape index (κ1) is 29.2. The third-order valence-corrected chi connectivity index (χ3v) is 0.304. The average molecular weight is 216 g/mol. The standard InChI is InChI=1S/C2H6O2.C2H4O.C2H6O.C2H4.2H2O/c3-1-2-4;1-2-3-1;1-2-3;1-2;;/h3-4H,1-2H2;1-2H2;3H,2H2,1H3;1-2H2;2*1H2. The van der Waals surface area contributed by atoms with Gasteiger partial charge in [-0.3, -0.25) is 0 Å². The van der Waals surface area contributed by atoms with E-state index in [1.165, 1.54) is 0 Å². The number of aliphatic hydroxyl groups excluding tert-OH is 3. The molecule has 0 aromatic rings. The number of epoxide rings is 1. The molecule has 0 aliphatic carbocycles. The van der Waals surface area contributed by atoms with Gasteiger partial charge in [-0.05, 0) is 6.92 Å². The Kier molecular flexibility index (Phi) is 114. The van der Waals surface area contributed by atoms with E-state index in [0.29, 0.717) is 0 Å². The van der Waals surface area contributed by atoms with Gasteiger partial charge in [-0.2, -0.15) is 0 Å². The fraction of sp³-hybridized carbons (Fsp3) is 0.750. The zero-order valence-electron chi connectivity index (χ0n) is 8.70. The van der Waals surface area contributed by atoms with E-state index in [1.54, 1.807) is 6.92 Å². The van der Waals surface area contributed by atoms with Crippen LogP contribution in [0.2, 0.25) is 0 Å². The van der Waals surface area contributed by atoms with Crippen molar-refractivity contribution in [2.75, 3.05) is 33.0 Å². The second-order valence-corrected chi connectivity index (χ2v) is 1.38. The van der Waals surface area contributed by atoms with Crippen LogP contribution in [0, 0.1) is 0 Å². The topological polar surface area (TPSA) is 136 Å². The highest BCUT2D eigenvalue weighted by molar-refractivity contribution is 4.36. The van der Waals surface area contributed by atoms with E-state index < -0.39 is 0 Å². The van der Waals surface area contributed by atoms with Crippen molar-refractivity contribution in [3.63, 3.8) is 0 Å². The summed E-state index contributed by atoms with van der Waals surface area (Å²) in [6.07, 6.45) is 0. The molecule has 7 N–H and O–H groups in total. The summed E-state index contributed by atoms with van der Waals surface area (Å²) in [6, 6.07) is 0. The highest BCUT2D eigenvalue weighted by Gasteiger charge is 1.94. The first-order valence-corrected chi connectivity index (χ1v) is 3.73. The summed E-state index contributed by atoms with van der Waals surface area (Å²) in [5.74, 6) is 0. The largest absolute Gasteiger partial charge is 0.412 e. The molecule has 1 aliphatic heterocycles. The molecule has 0 aromatic carbocycles. The lowest BCUT2D eigenvalue weighted by Crippen LogP contribution is -1.85. The molecular formula is C8H24O6. The van der Waals surface area contributed by atoms with Crippen molar-refractivity contribution >= 4 is 0 Å². The maximum atomic E-state index is 7.62. The van der Waals surface area contributed by atoms with Crippen molar-refractivity contribution in [1.29, 1.82) is 0 Å². The van der Waals surface area contributed by atoms with Crippen LogP contribution in [-0.2, 0) is 4.74 Å². The van der Waals surface area contributed by atoms with Crippen molar-refractivity contribution in [2.24, 2.45) is 0 Å². The lowest BCUT2D eigenvalue weighted by molar-refractivity contribution is 0.186. The molecule has 1 aliphatic rings. The summed E-state index contributed by atoms with van der Waals surface area (Å²) in [5.41, 5.74) is 0. The first-order chi connectivity index (χ1) is 5.83. The molecular weight excluding hydrogens is 192 g/mol. The Morgan fingerprint density at radius 1 is 1.00 bits per heavy atom. The van der Waals surface area contributed by atoms with Gasteiger partial charge in [-0.1, -0.05) is 0 Å². The van der Waals surface area contributed by atoms with Gasteiger partial charge in [-0.15, -0.1) is 13.2 Å². The van der Waals surface area contributed by atoms with Crippen LogP contribution >= 0.6 is 0 Å². The number of aliphatic hydroxyl groups is 3. The maximum absolute atomic E-state index is 7.62. The van der Waals surface area contributed by atoms with E-state index in [-0.39, 0.29) is 30.8 Å². The van der Waals surface area contributed by atoms with Crippen molar-refractivity contribution in [3.05, 3.63) is 13.2 Å². The van der Waals surface area contributed by atoms with Crippen LogP contribution in [0.3, 0.4) is 0 Å². The summed E-state index contributed by atoms with van der Waals surface area (Å²) in [4.78, 5) is 0. The molecule has 0 spiro atoms. The highest BCUT2D eigenvalue weighted by Crippen LogP contribution is 1.84. The molecule has 1 rings (SSSR count). The molecule has 0 atom stereocenters. The van der Waals surface area contributed by atoms with Crippen LogP contribution in [0.25, 0.3) is 0 Å². The lowest BCUT2D eigenvalue weighted by Gasteiger charge is -1.70. The molecule has 6 heteroatoms. The van der Waals surface area contributed by atoms with Crippen LogP contribution in [-0.4, -0.2) is 59.3 Å². The molecule has 0 saturated carbocycles. The summed E-state index contributed by atoms with van der Waals surface area (Å²) in [6.45, 7) is 9.68. The molecule has 1 fully saturated rings. The van der Waals surface area contributed by atoms with Gasteiger partial charge in [0.05, 0.1) is 26.4 Å².